The van der Waals surface area contributed by atoms with Gasteiger partial charge in [0.2, 0.25) is 5.95 Å². The van der Waals surface area contributed by atoms with Crippen molar-refractivity contribution in [1.29, 1.82) is 0 Å². The van der Waals surface area contributed by atoms with Gasteiger partial charge in [-0.3, -0.25) is 4.79 Å². The van der Waals surface area contributed by atoms with E-state index in [0.29, 0.717) is 11.6 Å². The Bertz CT molecular complexity index is 1010. The molecular weight excluding hydrogens is 336 g/mol. The van der Waals surface area contributed by atoms with E-state index in [1.807, 2.05) is 58.0 Å². The average molecular weight is 360 g/mol. The number of benzene rings is 2. The van der Waals surface area contributed by atoms with Gasteiger partial charge in [0.05, 0.1) is 0 Å². The van der Waals surface area contributed by atoms with Crippen molar-refractivity contribution in [1.82, 2.24) is 9.97 Å². The second-order valence-electron chi connectivity index (χ2n) is 6.93. The largest absolute Gasteiger partial charge is 0.324 e. The molecule has 0 spiro atoms. The number of anilines is 3. The van der Waals surface area contributed by atoms with Crippen molar-refractivity contribution >= 4 is 23.2 Å². The van der Waals surface area contributed by atoms with Gasteiger partial charge >= 0.3 is 0 Å². The Morgan fingerprint density at radius 2 is 1.37 bits per heavy atom. The predicted octanol–water partition coefficient (Wildman–Crippen LogP) is 5.01. The molecule has 1 amide bonds. The lowest BCUT2D eigenvalue weighted by Gasteiger charge is -2.12. The Kier molecular flexibility index (Phi) is 5.21. The lowest BCUT2D eigenvalue weighted by molar-refractivity contribution is 0.102. The van der Waals surface area contributed by atoms with Crippen LogP contribution in [-0.4, -0.2) is 15.9 Å². The van der Waals surface area contributed by atoms with E-state index in [2.05, 4.69) is 33.6 Å². The molecule has 1 heterocycles. The van der Waals surface area contributed by atoms with E-state index in [0.717, 1.165) is 33.8 Å². The molecule has 0 aliphatic heterocycles. The molecule has 0 aliphatic rings. The standard InChI is InChI=1S/C22H24N4O/c1-13-6-8-18(15(3)10-13)24-21(27)20-12-17(5)23-22(26-20)25-19-9-7-14(2)11-16(19)4/h6-12H,1-5H3,(H,24,27)(H,23,25,26). The summed E-state index contributed by atoms with van der Waals surface area (Å²) in [6.45, 7) is 9.93. The third-order valence-corrected chi connectivity index (χ3v) is 4.35. The third kappa shape index (κ3) is 4.50. The summed E-state index contributed by atoms with van der Waals surface area (Å²) in [6.07, 6.45) is 0. The molecule has 0 aliphatic carbocycles. The molecule has 1 aromatic heterocycles. The van der Waals surface area contributed by atoms with Crippen LogP contribution in [0.2, 0.25) is 0 Å². The highest BCUT2D eigenvalue weighted by molar-refractivity contribution is 6.03. The molecule has 0 unspecified atom stereocenters. The van der Waals surface area contributed by atoms with Gasteiger partial charge in [0.1, 0.15) is 5.69 Å². The van der Waals surface area contributed by atoms with Crippen LogP contribution >= 0.6 is 0 Å². The van der Waals surface area contributed by atoms with Gasteiger partial charge in [-0.05, 0) is 63.9 Å². The van der Waals surface area contributed by atoms with Crippen LogP contribution in [0, 0.1) is 34.6 Å². The monoisotopic (exact) mass is 360 g/mol. The number of hydrogen-bond donors (Lipinski definition) is 2. The fourth-order valence-electron chi connectivity index (χ4n) is 2.96. The predicted molar refractivity (Wildman–Crippen MR) is 110 cm³/mol. The molecule has 2 N–H and O–H groups in total. The summed E-state index contributed by atoms with van der Waals surface area (Å²) in [6, 6.07) is 13.7. The van der Waals surface area contributed by atoms with Crippen LogP contribution in [-0.2, 0) is 0 Å². The summed E-state index contributed by atoms with van der Waals surface area (Å²) in [5.41, 5.74) is 7.22. The number of aromatic nitrogens is 2. The van der Waals surface area contributed by atoms with Crippen LogP contribution in [0.1, 0.15) is 38.4 Å². The summed E-state index contributed by atoms with van der Waals surface area (Å²) in [5, 5.41) is 6.15. The van der Waals surface area contributed by atoms with Crippen molar-refractivity contribution in [3.63, 3.8) is 0 Å². The van der Waals surface area contributed by atoms with Gasteiger partial charge in [0.15, 0.2) is 0 Å². The molecule has 27 heavy (non-hydrogen) atoms. The van der Waals surface area contributed by atoms with Crippen LogP contribution in [0.4, 0.5) is 17.3 Å². The van der Waals surface area contributed by atoms with Gasteiger partial charge in [-0.1, -0.05) is 35.4 Å². The highest BCUT2D eigenvalue weighted by atomic mass is 16.1. The highest BCUT2D eigenvalue weighted by Gasteiger charge is 2.13. The van der Waals surface area contributed by atoms with Gasteiger partial charge in [-0.25, -0.2) is 9.97 Å². The topological polar surface area (TPSA) is 66.9 Å². The molecular formula is C22H24N4O. The Morgan fingerprint density at radius 3 is 1.96 bits per heavy atom. The Hall–Kier alpha value is -3.21. The zero-order chi connectivity index (χ0) is 19.6. The Labute approximate surface area is 159 Å². The molecule has 138 valence electrons. The Balaban J connectivity index is 1.85. The quantitative estimate of drug-likeness (QED) is 0.686. The third-order valence-electron chi connectivity index (χ3n) is 4.35. The van der Waals surface area contributed by atoms with Gasteiger partial charge in [-0.2, -0.15) is 0 Å². The average Bonchev–Trinajstić information content (AvgIpc) is 2.59. The summed E-state index contributed by atoms with van der Waals surface area (Å²) in [5.74, 6) is 0.156. The normalized spacial score (nSPS) is 10.6. The molecule has 0 saturated carbocycles. The van der Waals surface area contributed by atoms with Crippen LogP contribution in [0.15, 0.2) is 42.5 Å². The SMILES string of the molecule is Cc1ccc(NC(=O)c2cc(C)nc(Nc3ccc(C)cc3C)n2)c(C)c1. The van der Waals surface area contributed by atoms with Crippen molar-refractivity contribution in [3.05, 3.63) is 76.1 Å². The van der Waals surface area contributed by atoms with E-state index in [1.165, 1.54) is 5.56 Å². The van der Waals surface area contributed by atoms with Crippen molar-refractivity contribution < 1.29 is 4.79 Å². The number of carbonyl (C=O) groups excluding carboxylic acids is 1. The fraction of sp³-hybridized carbons (Fsp3) is 0.227. The van der Waals surface area contributed by atoms with E-state index < -0.39 is 0 Å². The molecule has 0 radical (unpaired) electrons. The molecule has 5 nitrogen and oxygen atoms in total. The van der Waals surface area contributed by atoms with Crippen molar-refractivity contribution in [3.8, 4) is 0 Å². The van der Waals surface area contributed by atoms with E-state index in [-0.39, 0.29) is 5.91 Å². The van der Waals surface area contributed by atoms with E-state index >= 15 is 0 Å². The molecule has 0 atom stereocenters. The zero-order valence-electron chi connectivity index (χ0n) is 16.3. The van der Waals surface area contributed by atoms with Gasteiger partial charge in [0.25, 0.3) is 5.91 Å². The van der Waals surface area contributed by atoms with Gasteiger partial charge in [0, 0.05) is 17.1 Å². The number of carbonyl (C=O) groups is 1. The minimum atomic E-state index is -0.254. The van der Waals surface area contributed by atoms with Crippen LogP contribution in [0.3, 0.4) is 0 Å². The number of amides is 1. The zero-order valence-corrected chi connectivity index (χ0v) is 16.3. The molecule has 5 heteroatoms. The second-order valence-corrected chi connectivity index (χ2v) is 6.93. The van der Waals surface area contributed by atoms with Crippen molar-refractivity contribution in [2.24, 2.45) is 0 Å². The number of aryl methyl sites for hydroxylation is 5. The number of hydrogen-bond acceptors (Lipinski definition) is 4. The lowest BCUT2D eigenvalue weighted by Crippen LogP contribution is -2.16. The summed E-state index contributed by atoms with van der Waals surface area (Å²) in [7, 11) is 0. The van der Waals surface area contributed by atoms with Crippen molar-refractivity contribution in [2.45, 2.75) is 34.6 Å². The first-order chi connectivity index (χ1) is 12.8. The molecule has 0 saturated heterocycles. The maximum Gasteiger partial charge on any atom is 0.274 e. The lowest BCUT2D eigenvalue weighted by atomic mass is 10.1. The van der Waals surface area contributed by atoms with E-state index in [9.17, 15) is 4.79 Å². The summed E-state index contributed by atoms with van der Waals surface area (Å²) < 4.78 is 0. The summed E-state index contributed by atoms with van der Waals surface area (Å²) in [4.78, 5) is 21.5. The van der Waals surface area contributed by atoms with E-state index in [4.69, 9.17) is 0 Å². The number of rotatable bonds is 4. The highest BCUT2D eigenvalue weighted by Crippen LogP contribution is 2.21. The molecule has 0 bridgehead atoms. The Morgan fingerprint density at radius 1 is 0.778 bits per heavy atom. The minimum absolute atomic E-state index is 0.254. The van der Waals surface area contributed by atoms with Crippen LogP contribution < -0.4 is 10.6 Å². The first-order valence-corrected chi connectivity index (χ1v) is 8.90. The first-order valence-electron chi connectivity index (χ1n) is 8.90. The maximum atomic E-state index is 12.7. The van der Waals surface area contributed by atoms with Gasteiger partial charge in [-0.15, -0.1) is 0 Å². The molecule has 3 aromatic rings. The van der Waals surface area contributed by atoms with Gasteiger partial charge < -0.3 is 10.6 Å². The molecule has 3 rings (SSSR count). The van der Waals surface area contributed by atoms with Crippen LogP contribution in [0.5, 0.6) is 0 Å². The van der Waals surface area contributed by atoms with Crippen LogP contribution in [0.25, 0.3) is 0 Å². The minimum Gasteiger partial charge on any atom is -0.324 e. The number of nitrogens with zero attached hydrogens (tertiary/aromatic N) is 2. The first kappa shape index (κ1) is 18.6. The number of nitrogens with one attached hydrogen (secondary N) is 2. The molecule has 2 aromatic carbocycles. The summed E-state index contributed by atoms with van der Waals surface area (Å²) >= 11 is 0. The second kappa shape index (κ2) is 7.58. The van der Waals surface area contributed by atoms with E-state index in [1.54, 1.807) is 6.07 Å². The smallest absolute Gasteiger partial charge is 0.274 e. The fourth-order valence-corrected chi connectivity index (χ4v) is 2.96. The maximum absolute atomic E-state index is 12.7. The van der Waals surface area contributed by atoms with Crippen molar-refractivity contribution in [2.75, 3.05) is 10.6 Å². The molecule has 0 fully saturated rings.